The molecule has 0 aromatic rings. The van der Waals surface area contributed by atoms with Crippen molar-refractivity contribution in [2.24, 2.45) is 5.92 Å². The van der Waals surface area contributed by atoms with E-state index in [1.54, 1.807) is 0 Å². The van der Waals surface area contributed by atoms with Gasteiger partial charge in [0.2, 0.25) is 5.91 Å². The Labute approximate surface area is 96.9 Å². The van der Waals surface area contributed by atoms with Gasteiger partial charge in [-0.05, 0) is 26.3 Å². The van der Waals surface area contributed by atoms with Crippen LogP contribution in [-0.4, -0.2) is 37.4 Å². The van der Waals surface area contributed by atoms with Crippen LogP contribution in [0.2, 0.25) is 0 Å². The third-order valence-electron chi connectivity index (χ3n) is 2.81. The molecule has 0 saturated carbocycles. The van der Waals surface area contributed by atoms with Gasteiger partial charge in [-0.3, -0.25) is 4.79 Å². The Balaban J connectivity index is 2.39. The van der Waals surface area contributed by atoms with Crippen molar-refractivity contribution >= 4 is 5.91 Å². The fourth-order valence-corrected chi connectivity index (χ4v) is 1.80. The van der Waals surface area contributed by atoms with Gasteiger partial charge in [-0.15, -0.1) is 0 Å². The highest BCUT2D eigenvalue weighted by atomic mass is 19.3. The zero-order valence-corrected chi connectivity index (χ0v) is 9.48. The molecule has 1 aliphatic heterocycles. The average Bonchev–Trinajstić information content (AvgIpc) is 2.25. The molecule has 2 N–H and O–H groups in total. The minimum Gasteiger partial charge on any atom is -0.350 e. The van der Waals surface area contributed by atoms with Gasteiger partial charge in [0.1, 0.15) is 0 Å². The molecule has 1 rings (SSSR count). The number of carbonyl (C=O) groups is 1. The number of hydrogen-bond acceptors (Lipinski definition) is 2. The maximum absolute atomic E-state index is 12.6. The van der Waals surface area contributed by atoms with Crippen molar-refractivity contribution in [1.29, 1.82) is 0 Å². The molecule has 2 unspecified atom stereocenters. The summed E-state index contributed by atoms with van der Waals surface area (Å²) >= 11 is 0. The monoisotopic (exact) mass is 256 g/mol. The molecule has 1 aliphatic rings. The van der Waals surface area contributed by atoms with E-state index < -0.39 is 24.8 Å². The predicted molar refractivity (Wildman–Crippen MR) is 54.1 cm³/mol. The van der Waals surface area contributed by atoms with Crippen molar-refractivity contribution in [3.8, 4) is 0 Å². The van der Waals surface area contributed by atoms with E-state index in [-0.39, 0.29) is 12.0 Å². The van der Waals surface area contributed by atoms with E-state index in [4.69, 9.17) is 0 Å². The van der Waals surface area contributed by atoms with Crippen molar-refractivity contribution in [2.45, 2.75) is 38.2 Å². The van der Waals surface area contributed by atoms with Crippen LogP contribution in [0.1, 0.15) is 19.8 Å². The third kappa shape index (κ3) is 4.14. The van der Waals surface area contributed by atoms with Gasteiger partial charge in [-0.25, -0.2) is 8.78 Å². The fourth-order valence-electron chi connectivity index (χ4n) is 1.80. The second kappa shape index (κ2) is 5.66. The number of carbonyl (C=O) groups excluding carboxylic acids is 1. The molecule has 0 bridgehead atoms. The minimum atomic E-state index is -4.16. The second-order valence-corrected chi connectivity index (χ2v) is 4.36. The van der Waals surface area contributed by atoms with Crippen LogP contribution in [0.3, 0.4) is 0 Å². The molecule has 0 radical (unpaired) electrons. The van der Waals surface area contributed by atoms with Gasteiger partial charge in [0.05, 0.1) is 6.54 Å². The topological polar surface area (TPSA) is 41.1 Å². The van der Waals surface area contributed by atoms with Gasteiger partial charge in [-0.2, -0.15) is 8.78 Å². The summed E-state index contributed by atoms with van der Waals surface area (Å²) in [5.41, 5.74) is 0. The lowest BCUT2D eigenvalue weighted by atomic mass is 9.92. The smallest absolute Gasteiger partial charge is 0.324 e. The Bertz CT molecular complexity index is 273. The molecular weight excluding hydrogens is 240 g/mol. The molecule has 100 valence electrons. The zero-order chi connectivity index (χ0) is 13.1. The SMILES string of the molecule is CC1CC(C(=O)NCC(F)(F)C(F)F)CCN1. The van der Waals surface area contributed by atoms with Crippen LogP contribution in [-0.2, 0) is 4.79 Å². The van der Waals surface area contributed by atoms with Crippen molar-refractivity contribution in [1.82, 2.24) is 10.6 Å². The number of piperidine rings is 1. The van der Waals surface area contributed by atoms with Crippen LogP contribution >= 0.6 is 0 Å². The first kappa shape index (κ1) is 14.2. The molecule has 7 heteroatoms. The highest BCUT2D eigenvalue weighted by molar-refractivity contribution is 5.78. The highest BCUT2D eigenvalue weighted by Gasteiger charge is 2.41. The van der Waals surface area contributed by atoms with Gasteiger partial charge >= 0.3 is 12.3 Å². The normalized spacial score (nSPS) is 26.0. The number of hydrogen-bond donors (Lipinski definition) is 2. The summed E-state index contributed by atoms with van der Waals surface area (Å²) in [5, 5.41) is 5.01. The first-order valence-corrected chi connectivity index (χ1v) is 5.50. The summed E-state index contributed by atoms with van der Waals surface area (Å²) in [4.78, 5) is 11.5. The van der Waals surface area contributed by atoms with Crippen LogP contribution in [0.5, 0.6) is 0 Å². The molecule has 1 heterocycles. The Hall–Kier alpha value is -0.850. The van der Waals surface area contributed by atoms with Crippen molar-refractivity contribution in [3.63, 3.8) is 0 Å². The number of amides is 1. The number of rotatable bonds is 4. The molecule has 1 amide bonds. The molecule has 2 atom stereocenters. The minimum absolute atomic E-state index is 0.134. The van der Waals surface area contributed by atoms with E-state index in [1.165, 1.54) is 0 Å². The maximum atomic E-state index is 12.6. The molecular formula is C10H16F4N2O. The lowest BCUT2D eigenvalue weighted by Crippen LogP contribution is -2.46. The van der Waals surface area contributed by atoms with Gasteiger partial charge < -0.3 is 10.6 Å². The quantitative estimate of drug-likeness (QED) is 0.746. The van der Waals surface area contributed by atoms with Crippen molar-refractivity contribution in [3.05, 3.63) is 0 Å². The Morgan fingerprint density at radius 3 is 2.71 bits per heavy atom. The Morgan fingerprint density at radius 1 is 1.53 bits per heavy atom. The Kier molecular flexibility index (Phi) is 4.73. The molecule has 0 spiro atoms. The summed E-state index contributed by atoms with van der Waals surface area (Å²) in [7, 11) is 0. The van der Waals surface area contributed by atoms with E-state index in [9.17, 15) is 22.4 Å². The average molecular weight is 256 g/mol. The fraction of sp³-hybridized carbons (Fsp3) is 0.900. The molecule has 0 aromatic heterocycles. The summed E-state index contributed by atoms with van der Waals surface area (Å²) < 4.78 is 48.9. The third-order valence-corrected chi connectivity index (χ3v) is 2.81. The zero-order valence-electron chi connectivity index (χ0n) is 9.48. The Morgan fingerprint density at radius 2 is 2.18 bits per heavy atom. The van der Waals surface area contributed by atoms with E-state index in [1.807, 2.05) is 12.2 Å². The van der Waals surface area contributed by atoms with Crippen molar-refractivity contribution in [2.75, 3.05) is 13.1 Å². The molecule has 3 nitrogen and oxygen atoms in total. The van der Waals surface area contributed by atoms with Crippen molar-refractivity contribution < 1.29 is 22.4 Å². The van der Waals surface area contributed by atoms with E-state index in [0.717, 1.165) is 0 Å². The predicted octanol–water partition coefficient (Wildman–Crippen LogP) is 1.39. The molecule has 0 aromatic carbocycles. The number of halogens is 4. The number of alkyl halides is 4. The molecule has 0 aliphatic carbocycles. The second-order valence-electron chi connectivity index (χ2n) is 4.36. The first-order chi connectivity index (χ1) is 7.83. The summed E-state index contributed by atoms with van der Waals surface area (Å²) in [6.07, 6.45) is -2.68. The standard InChI is InChI=1S/C10H16F4N2O/c1-6-4-7(2-3-15-6)8(17)16-5-10(13,14)9(11)12/h6-7,9,15H,2-5H2,1H3,(H,16,17). The van der Waals surface area contributed by atoms with Crippen LogP contribution in [0.15, 0.2) is 0 Å². The van der Waals surface area contributed by atoms with Gasteiger partial charge in [0, 0.05) is 12.0 Å². The lowest BCUT2D eigenvalue weighted by molar-refractivity contribution is -0.139. The van der Waals surface area contributed by atoms with Gasteiger partial charge in [0.25, 0.3) is 0 Å². The number of nitrogens with one attached hydrogen (secondary N) is 2. The van der Waals surface area contributed by atoms with Crippen LogP contribution in [0.4, 0.5) is 17.6 Å². The summed E-state index contributed by atoms with van der Waals surface area (Å²) in [5.74, 6) is -5.10. The summed E-state index contributed by atoms with van der Waals surface area (Å²) in [6, 6.07) is 0.134. The van der Waals surface area contributed by atoms with Crippen LogP contribution in [0, 0.1) is 5.92 Å². The van der Waals surface area contributed by atoms with E-state index >= 15 is 0 Å². The van der Waals surface area contributed by atoms with E-state index in [2.05, 4.69) is 5.32 Å². The summed E-state index contributed by atoms with van der Waals surface area (Å²) in [6.45, 7) is 1.21. The van der Waals surface area contributed by atoms with Gasteiger partial charge in [-0.1, -0.05) is 0 Å². The molecule has 17 heavy (non-hydrogen) atoms. The lowest BCUT2D eigenvalue weighted by Gasteiger charge is -2.27. The molecule has 1 saturated heterocycles. The largest absolute Gasteiger partial charge is 0.350 e. The first-order valence-electron chi connectivity index (χ1n) is 5.50. The van der Waals surface area contributed by atoms with Gasteiger partial charge in [0.15, 0.2) is 0 Å². The highest BCUT2D eigenvalue weighted by Crippen LogP contribution is 2.22. The maximum Gasteiger partial charge on any atom is 0.324 e. The van der Waals surface area contributed by atoms with Crippen LogP contribution < -0.4 is 10.6 Å². The van der Waals surface area contributed by atoms with E-state index in [0.29, 0.717) is 19.4 Å². The molecule has 1 fully saturated rings. The van der Waals surface area contributed by atoms with Crippen LogP contribution in [0.25, 0.3) is 0 Å².